The number of benzene rings is 2. The van der Waals surface area contributed by atoms with Gasteiger partial charge in [-0.15, -0.1) is 0 Å². The third-order valence-corrected chi connectivity index (χ3v) is 7.07. The highest BCUT2D eigenvalue weighted by Gasteiger charge is 2.51. The zero-order chi connectivity index (χ0) is 25.9. The Morgan fingerprint density at radius 2 is 1.95 bits per heavy atom. The van der Waals surface area contributed by atoms with Crippen LogP contribution in [0.25, 0.3) is 16.7 Å². The van der Waals surface area contributed by atoms with Gasteiger partial charge in [0.25, 0.3) is 5.56 Å². The molecule has 1 aliphatic carbocycles. The van der Waals surface area contributed by atoms with Crippen LogP contribution in [0.3, 0.4) is 0 Å². The van der Waals surface area contributed by atoms with Crippen LogP contribution >= 0.6 is 0 Å². The number of anilines is 2. The first kappa shape index (κ1) is 23.7. The van der Waals surface area contributed by atoms with Crippen LogP contribution in [-0.4, -0.2) is 37.2 Å². The molecule has 6 rings (SSSR count). The van der Waals surface area contributed by atoms with Crippen LogP contribution in [-0.2, 0) is 18.6 Å². The Kier molecular flexibility index (Phi) is 5.39. The molecule has 1 unspecified atom stereocenters. The van der Waals surface area contributed by atoms with E-state index in [-0.39, 0.29) is 34.1 Å². The summed E-state index contributed by atoms with van der Waals surface area (Å²) in [6.45, 7) is 2.42. The van der Waals surface area contributed by atoms with Crippen LogP contribution in [0.2, 0.25) is 0 Å². The molecule has 192 valence electrons. The van der Waals surface area contributed by atoms with Gasteiger partial charge in [-0.1, -0.05) is 18.2 Å². The molecule has 1 fully saturated rings. The maximum Gasteiger partial charge on any atom is 0.421 e. The second-order valence-electron chi connectivity index (χ2n) is 9.78. The summed E-state index contributed by atoms with van der Waals surface area (Å²) < 4.78 is 43.7. The third kappa shape index (κ3) is 4.08. The topological polar surface area (TPSA) is 97.0 Å². The average molecular weight is 511 g/mol. The van der Waals surface area contributed by atoms with Crippen molar-refractivity contribution in [1.82, 2.24) is 24.6 Å². The molecule has 0 saturated heterocycles. The molecule has 2 aliphatic rings. The molecule has 1 saturated carbocycles. The minimum Gasteiger partial charge on any atom is -0.376 e. The second kappa shape index (κ2) is 8.42. The quantitative estimate of drug-likeness (QED) is 0.375. The van der Waals surface area contributed by atoms with E-state index in [9.17, 15) is 23.1 Å². The van der Waals surface area contributed by atoms with Crippen molar-refractivity contribution in [2.45, 2.75) is 50.6 Å². The van der Waals surface area contributed by atoms with E-state index < -0.39 is 11.8 Å². The van der Waals surface area contributed by atoms with Crippen molar-refractivity contribution in [2.75, 3.05) is 11.9 Å². The highest BCUT2D eigenvalue weighted by molar-refractivity contribution is 5.77. The molecular formula is C26H25F3N6O2. The summed E-state index contributed by atoms with van der Waals surface area (Å²) in [4.78, 5) is 22.2. The average Bonchev–Trinajstić information content (AvgIpc) is 3.67. The molecule has 4 aromatic rings. The number of hydrogen-bond donors (Lipinski definition) is 3. The van der Waals surface area contributed by atoms with Gasteiger partial charge < -0.3 is 15.7 Å². The van der Waals surface area contributed by atoms with Crippen LogP contribution in [0.1, 0.15) is 42.5 Å². The van der Waals surface area contributed by atoms with Crippen molar-refractivity contribution >= 4 is 22.7 Å². The number of nitrogens with zero attached hydrogens (tertiary/aromatic N) is 4. The van der Waals surface area contributed by atoms with Gasteiger partial charge >= 0.3 is 6.18 Å². The Bertz CT molecular complexity index is 1570. The Morgan fingerprint density at radius 3 is 2.70 bits per heavy atom. The fraction of sp³-hybridized carbons (Fsp3) is 0.346. The molecule has 0 amide bonds. The lowest BCUT2D eigenvalue weighted by Gasteiger charge is -2.27. The molecule has 3 N–H and O–H groups in total. The first-order valence-corrected chi connectivity index (χ1v) is 12.1. The highest BCUT2D eigenvalue weighted by atomic mass is 19.4. The minimum atomic E-state index is -4.87. The summed E-state index contributed by atoms with van der Waals surface area (Å²) in [7, 11) is 0. The molecule has 2 aromatic heterocycles. The van der Waals surface area contributed by atoms with Gasteiger partial charge in [-0.25, -0.2) is 14.3 Å². The first-order chi connectivity index (χ1) is 17.6. The fourth-order valence-corrected chi connectivity index (χ4v) is 4.75. The molecule has 1 aliphatic heterocycles. The molecule has 0 radical (unpaired) electrons. The summed E-state index contributed by atoms with van der Waals surface area (Å²) in [5.74, 6) is 0.261. The van der Waals surface area contributed by atoms with Gasteiger partial charge in [0.1, 0.15) is 5.39 Å². The number of fused-ring (bicyclic) bond motifs is 2. The molecule has 2 aromatic carbocycles. The lowest BCUT2D eigenvalue weighted by atomic mass is 9.95. The van der Waals surface area contributed by atoms with Crippen molar-refractivity contribution in [3.8, 4) is 5.69 Å². The monoisotopic (exact) mass is 510 g/mol. The molecule has 8 nitrogen and oxygen atoms in total. The van der Waals surface area contributed by atoms with Crippen LogP contribution in [0.4, 0.5) is 24.8 Å². The van der Waals surface area contributed by atoms with Gasteiger partial charge in [0, 0.05) is 18.4 Å². The van der Waals surface area contributed by atoms with Crippen molar-refractivity contribution in [3.05, 3.63) is 75.7 Å². The lowest BCUT2D eigenvalue weighted by Crippen LogP contribution is -2.39. The standard InChI is InChI=1S/C26H25F3N6O2/c1-25(37,26(27,28)29)17-3-2-4-20(12-17)34-22-21(23(36)35(34)19-7-8-19)14-31-24(33-22)32-18-6-5-15-9-10-30-13-16(15)11-18/h2-6,11-12,14,19,30,37H,7-10,13H2,1H3,(H,31,32,33). The van der Waals surface area contributed by atoms with Crippen LogP contribution in [0, 0.1) is 0 Å². The van der Waals surface area contributed by atoms with Crippen molar-refractivity contribution in [3.63, 3.8) is 0 Å². The largest absolute Gasteiger partial charge is 0.421 e. The van der Waals surface area contributed by atoms with Gasteiger partial charge in [-0.3, -0.25) is 4.79 Å². The molecular weight excluding hydrogens is 485 g/mol. The van der Waals surface area contributed by atoms with E-state index in [1.807, 2.05) is 12.1 Å². The minimum absolute atomic E-state index is 0.0852. The number of aliphatic hydroxyl groups is 1. The second-order valence-corrected chi connectivity index (χ2v) is 9.78. The molecule has 1 atom stereocenters. The summed E-state index contributed by atoms with van der Waals surface area (Å²) >= 11 is 0. The maximum absolute atomic E-state index is 13.5. The van der Waals surface area contributed by atoms with Crippen LogP contribution < -0.4 is 16.2 Å². The van der Waals surface area contributed by atoms with Crippen LogP contribution in [0.5, 0.6) is 0 Å². The number of nitrogens with one attached hydrogen (secondary N) is 2. The number of aromatic nitrogens is 4. The van der Waals surface area contributed by atoms with Gasteiger partial charge in [-0.2, -0.15) is 18.2 Å². The van der Waals surface area contributed by atoms with E-state index in [2.05, 4.69) is 26.7 Å². The van der Waals surface area contributed by atoms with E-state index in [1.165, 1.54) is 44.9 Å². The van der Waals surface area contributed by atoms with E-state index in [0.29, 0.717) is 12.6 Å². The van der Waals surface area contributed by atoms with E-state index in [4.69, 9.17) is 0 Å². The number of hydrogen-bond acceptors (Lipinski definition) is 6. The Balaban J connectivity index is 1.46. The molecule has 0 bridgehead atoms. The zero-order valence-electron chi connectivity index (χ0n) is 20.0. The van der Waals surface area contributed by atoms with Crippen LogP contribution in [0.15, 0.2) is 53.5 Å². The maximum atomic E-state index is 13.5. The molecule has 37 heavy (non-hydrogen) atoms. The summed E-state index contributed by atoms with van der Waals surface area (Å²) in [6, 6.07) is 11.4. The van der Waals surface area contributed by atoms with Crippen molar-refractivity contribution in [2.24, 2.45) is 0 Å². The van der Waals surface area contributed by atoms with E-state index in [0.717, 1.165) is 38.0 Å². The van der Waals surface area contributed by atoms with Gasteiger partial charge in [0.05, 0.1) is 11.7 Å². The first-order valence-electron chi connectivity index (χ1n) is 12.1. The Morgan fingerprint density at radius 1 is 1.14 bits per heavy atom. The Labute approximate surface area is 209 Å². The van der Waals surface area contributed by atoms with Gasteiger partial charge in [-0.05, 0) is 73.7 Å². The number of rotatable bonds is 5. The third-order valence-electron chi connectivity index (χ3n) is 7.07. The summed E-state index contributed by atoms with van der Waals surface area (Å²) in [5.41, 5.74) is 0.137. The number of halogens is 3. The number of alkyl halides is 3. The fourth-order valence-electron chi connectivity index (χ4n) is 4.75. The summed E-state index contributed by atoms with van der Waals surface area (Å²) in [5, 5.41) is 17.1. The zero-order valence-corrected chi connectivity index (χ0v) is 20.0. The van der Waals surface area contributed by atoms with Gasteiger partial charge in [0.2, 0.25) is 5.95 Å². The van der Waals surface area contributed by atoms with E-state index in [1.54, 1.807) is 6.07 Å². The Hall–Kier alpha value is -3.70. The molecule has 3 heterocycles. The van der Waals surface area contributed by atoms with Crippen molar-refractivity contribution < 1.29 is 18.3 Å². The predicted octanol–water partition coefficient (Wildman–Crippen LogP) is 4.08. The highest BCUT2D eigenvalue weighted by Crippen LogP contribution is 2.40. The predicted molar refractivity (Wildman–Crippen MR) is 132 cm³/mol. The molecule has 11 heteroatoms. The smallest absolute Gasteiger partial charge is 0.376 e. The van der Waals surface area contributed by atoms with Gasteiger partial charge in [0.15, 0.2) is 11.2 Å². The lowest BCUT2D eigenvalue weighted by molar-refractivity contribution is -0.258. The van der Waals surface area contributed by atoms with E-state index >= 15 is 0 Å². The summed E-state index contributed by atoms with van der Waals surface area (Å²) in [6.07, 6.45) is -0.919. The molecule has 0 spiro atoms. The SMILES string of the molecule is CC(O)(c1cccc(-n2c3nc(Nc4ccc5c(c4)CNCC5)ncc3c(=O)n2C2CC2)c1)C(F)(F)F. The normalized spacial score (nSPS) is 17.4. The van der Waals surface area contributed by atoms with Crippen molar-refractivity contribution in [1.29, 1.82) is 0 Å².